The lowest BCUT2D eigenvalue weighted by atomic mass is 9.85. The monoisotopic (exact) mass is 192 g/mol. The van der Waals surface area contributed by atoms with Crippen molar-refractivity contribution in [2.24, 2.45) is 5.41 Å². The molecule has 1 nitrogen and oxygen atoms in total. The topological polar surface area (TPSA) is 17.1 Å². The number of hydrogen-bond acceptors (Lipinski definition) is 1. The van der Waals surface area contributed by atoms with Crippen LogP contribution in [0.1, 0.15) is 46.5 Å². The van der Waals surface area contributed by atoms with Crippen molar-refractivity contribution >= 4 is 5.78 Å². The summed E-state index contributed by atoms with van der Waals surface area (Å²) in [6.07, 6.45) is 5.69. The van der Waals surface area contributed by atoms with Gasteiger partial charge in [0.2, 0.25) is 0 Å². The molecule has 0 aromatic rings. The van der Waals surface area contributed by atoms with Crippen LogP contribution in [0.4, 0.5) is 0 Å². The fraction of sp³-hybridized carbons (Fsp3) is 0.615. The van der Waals surface area contributed by atoms with E-state index in [2.05, 4.69) is 33.4 Å². The van der Waals surface area contributed by atoms with Crippen LogP contribution in [0.2, 0.25) is 0 Å². The molecule has 0 heterocycles. The van der Waals surface area contributed by atoms with Crippen molar-refractivity contribution in [1.82, 2.24) is 0 Å². The highest BCUT2D eigenvalue weighted by Gasteiger charge is 2.19. The van der Waals surface area contributed by atoms with Crippen molar-refractivity contribution in [1.29, 1.82) is 0 Å². The Morgan fingerprint density at radius 3 is 2.50 bits per heavy atom. The molecule has 1 aliphatic carbocycles. The highest BCUT2D eigenvalue weighted by Crippen LogP contribution is 2.27. The van der Waals surface area contributed by atoms with E-state index < -0.39 is 0 Å². The second-order valence-corrected chi connectivity index (χ2v) is 5.26. The highest BCUT2D eigenvalue weighted by atomic mass is 16.1. The summed E-state index contributed by atoms with van der Waals surface area (Å²) in [5.74, 6) is 0.283. The van der Waals surface area contributed by atoms with Crippen molar-refractivity contribution in [2.75, 3.05) is 0 Å². The van der Waals surface area contributed by atoms with Crippen molar-refractivity contribution < 1.29 is 4.79 Å². The van der Waals surface area contributed by atoms with Crippen LogP contribution in [-0.2, 0) is 4.79 Å². The summed E-state index contributed by atoms with van der Waals surface area (Å²) in [6.45, 7) is 10.5. The van der Waals surface area contributed by atoms with E-state index in [4.69, 9.17) is 0 Å². The zero-order chi connectivity index (χ0) is 10.8. The fourth-order valence-corrected chi connectivity index (χ4v) is 1.60. The van der Waals surface area contributed by atoms with Gasteiger partial charge in [-0.25, -0.2) is 0 Å². The Morgan fingerprint density at radius 1 is 1.36 bits per heavy atom. The van der Waals surface area contributed by atoms with E-state index in [0.29, 0.717) is 6.42 Å². The van der Waals surface area contributed by atoms with Crippen LogP contribution in [0.5, 0.6) is 0 Å². The van der Waals surface area contributed by atoms with Crippen molar-refractivity contribution in [2.45, 2.75) is 46.5 Å². The lowest BCUT2D eigenvalue weighted by Crippen LogP contribution is -2.12. The molecule has 1 fully saturated rings. The van der Waals surface area contributed by atoms with Gasteiger partial charge in [-0.05, 0) is 30.3 Å². The number of allylic oxidation sites excluding steroid dienone is 3. The maximum Gasteiger partial charge on any atom is 0.162 e. The van der Waals surface area contributed by atoms with E-state index in [1.54, 1.807) is 0 Å². The Morgan fingerprint density at radius 2 is 2.00 bits per heavy atom. The molecule has 0 radical (unpaired) electrons. The van der Waals surface area contributed by atoms with Gasteiger partial charge >= 0.3 is 0 Å². The molecule has 0 aliphatic heterocycles. The lowest BCUT2D eigenvalue weighted by molar-refractivity contribution is -0.115. The minimum atomic E-state index is 0.255. The van der Waals surface area contributed by atoms with Crippen LogP contribution in [-0.4, -0.2) is 5.78 Å². The molecule has 0 N–H and O–H groups in total. The predicted octanol–water partition coefficient (Wildman–Crippen LogP) is 3.66. The molecular formula is C13H20O. The first-order chi connectivity index (χ1) is 6.40. The normalized spacial score (nSPS) is 21.8. The van der Waals surface area contributed by atoms with Gasteiger partial charge in [-0.1, -0.05) is 33.4 Å². The zero-order valence-electron chi connectivity index (χ0n) is 9.52. The van der Waals surface area contributed by atoms with Crippen molar-refractivity contribution in [3.05, 3.63) is 23.8 Å². The van der Waals surface area contributed by atoms with E-state index in [0.717, 1.165) is 30.4 Å². The zero-order valence-corrected chi connectivity index (χ0v) is 9.52. The minimum Gasteiger partial charge on any atom is -0.294 e. The van der Waals surface area contributed by atoms with Crippen LogP contribution in [0, 0.1) is 5.41 Å². The third-order valence-corrected chi connectivity index (χ3v) is 2.48. The quantitative estimate of drug-likeness (QED) is 0.579. The van der Waals surface area contributed by atoms with Gasteiger partial charge in [0.1, 0.15) is 0 Å². The van der Waals surface area contributed by atoms with E-state index >= 15 is 0 Å². The summed E-state index contributed by atoms with van der Waals surface area (Å²) in [4.78, 5) is 11.6. The first kappa shape index (κ1) is 11.2. The maximum absolute atomic E-state index is 11.6. The van der Waals surface area contributed by atoms with E-state index in [1.807, 2.05) is 0 Å². The Kier molecular flexibility index (Phi) is 3.30. The van der Waals surface area contributed by atoms with Crippen molar-refractivity contribution in [3.63, 3.8) is 0 Å². The average Bonchev–Trinajstić information content (AvgIpc) is 2.01. The van der Waals surface area contributed by atoms with Gasteiger partial charge in [0, 0.05) is 12.0 Å². The third-order valence-electron chi connectivity index (χ3n) is 2.48. The van der Waals surface area contributed by atoms with Crippen LogP contribution >= 0.6 is 0 Å². The van der Waals surface area contributed by atoms with Gasteiger partial charge in [-0.3, -0.25) is 4.79 Å². The molecule has 0 spiro atoms. The number of Topliss-reactive ketones (excluding diaryl/α,β-unsaturated/α-hetero) is 1. The molecule has 78 valence electrons. The number of carbonyl (C=O) groups is 1. The second-order valence-electron chi connectivity index (χ2n) is 5.26. The van der Waals surface area contributed by atoms with Gasteiger partial charge in [-0.2, -0.15) is 0 Å². The Labute approximate surface area is 86.9 Å². The molecular weight excluding hydrogens is 172 g/mol. The lowest BCUT2D eigenvalue weighted by Gasteiger charge is -2.19. The number of ketones is 1. The molecule has 0 amide bonds. The summed E-state index contributed by atoms with van der Waals surface area (Å²) < 4.78 is 0. The average molecular weight is 192 g/mol. The summed E-state index contributed by atoms with van der Waals surface area (Å²) in [5, 5.41) is 0. The Bertz CT molecular complexity index is 258. The molecule has 0 atom stereocenters. The Balaban J connectivity index is 2.73. The number of hydrogen-bond donors (Lipinski definition) is 0. The molecule has 0 aromatic carbocycles. The first-order valence-corrected chi connectivity index (χ1v) is 5.32. The smallest absolute Gasteiger partial charge is 0.162 e. The fourth-order valence-electron chi connectivity index (χ4n) is 1.60. The molecule has 0 saturated heterocycles. The molecule has 1 saturated carbocycles. The molecule has 1 heteroatoms. The molecule has 0 bridgehead atoms. The predicted molar refractivity (Wildman–Crippen MR) is 60.2 cm³/mol. The van der Waals surface area contributed by atoms with Crippen LogP contribution in [0.15, 0.2) is 23.8 Å². The molecule has 0 aromatic heterocycles. The third kappa shape index (κ3) is 3.13. The van der Waals surface area contributed by atoms with Gasteiger partial charge in [-0.15, -0.1) is 0 Å². The number of carbonyl (C=O) groups excluding carboxylic acids is 1. The van der Waals surface area contributed by atoms with Gasteiger partial charge in [0.15, 0.2) is 5.78 Å². The molecule has 14 heavy (non-hydrogen) atoms. The SMILES string of the molecule is C=C1CCCC(=O)/C1=C\CC(C)(C)C. The minimum absolute atomic E-state index is 0.255. The molecule has 1 aliphatic rings. The molecule has 1 rings (SSSR count). The molecule has 0 unspecified atom stereocenters. The van der Waals surface area contributed by atoms with Gasteiger partial charge in [0.05, 0.1) is 0 Å². The van der Waals surface area contributed by atoms with Crippen LogP contribution in [0.3, 0.4) is 0 Å². The summed E-state index contributed by atoms with van der Waals surface area (Å²) in [6, 6.07) is 0. The highest BCUT2D eigenvalue weighted by molar-refractivity contribution is 6.00. The first-order valence-electron chi connectivity index (χ1n) is 5.32. The summed E-state index contributed by atoms with van der Waals surface area (Å²) in [5.41, 5.74) is 2.18. The Hall–Kier alpha value is -0.850. The number of rotatable bonds is 1. The maximum atomic E-state index is 11.6. The summed E-state index contributed by atoms with van der Waals surface area (Å²) >= 11 is 0. The van der Waals surface area contributed by atoms with Crippen LogP contribution in [0.25, 0.3) is 0 Å². The second kappa shape index (κ2) is 4.12. The van der Waals surface area contributed by atoms with Crippen LogP contribution < -0.4 is 0 Å². The van der Waals surface area contributed by atoms with Gasteiger partial charge in [0.25, 0.3) is 0 Å². The standard InChI is InChI=1S/C13H20O/c1-10-6-5-7-12(14)11(10)8-9-13(2,3)4/h8H,1,5-7,9H2,2-4H3/b11-8-. The van der Waals surface area contributed by atoms with E-state index in [-0.39, 0.29) is 11.2 Å². The van der Waals surface area contributed by atoms with E-state index in [1.165, 1.54) is 0 Å². The van der Waals surface area contributed by atoms with Gasteiger partial charge < -0.3 is 0 Å². The summed E-state index contributed by atoms with van der Waals surface area (Å²) in [7, 11) is 0. The van der Waals surface area contributed by atoms with Crippen molar-refractivity contribution in [3.8, 4) is 0 Å². The largest absolute Gasteiger partial charge is 0.294 e. The van der Waals surface area contributed by atoms with E-state index in [9.17, 15) is 4.79 Å².